The van der Waals surface area contributed by atoms with E-state index in [2.05, 4.69) is 5.32 Å². The van der Waals surface area contributed by atoms with Gasteiger partial charge in [-0.3, -0.25) is 9.59 Å². The second kappa shape index (κ2) is 9.07. The van der Waals surface area contributed by atoms with Crippen molar-refractivity contribution >= 4 is 11.8 Å². The van der Waals surface area contributed by atoms with Crippen molar-refractivity contribution in [2.45, 2.75) is 13.0 Å². The quantitative estimate of drug-likeness (QED) is 0.726. The topological polar surface area (TPSA) is 67.9 Å². The molecule has 0 saturated carbocycles. The Kier molecular flexibility index (Phi) is 6.30. The van der Waals surface area contributed by atoms with Crippen LogP contribution in [0.2, 0.25) is 0 Å². The largest absolute Gasteiger partial charge is 0.497 e. The molecule has 0 spiro atoms. The first-order chi connectivity index (χ1) is 13.2. The van der Waals surface area contributed by atoms with E-state index in [0.29, 0.717) is 26.2 Å². The molecular formula is C21H24N2O4. The van der Waals surface area contributed by atoms with Crippen molar-refractivity contribution in [2.24, 2.45) is 5.92 Å². The molecule has 3 rings (SSSR count). The van der Waals surface area contributed by atoms with E-state index in [1.807, 2.05) is 54.6 Å². The Balaban J connectivity index is 1.42. The van der Waals surface area contributed by atoms with E-state index < -0.39 is 0 Å². The lowest BCUT2D eigenvalue weighted by molar-refractivity contribution is -0.129. The number of methoxy groups -OCH3 is 1. The van der Waals surface area contributed by atoms with E-state index in [9.17, 15) is 9.59 Å². The van der Waals surface area contributed by atoms with Crippen LogP contribution < -0.4 is 14.8 Å². The van der Waals surface area contributed by atoms with Crippen molar-refractivity contribution in [1.82, 2.24) is 10.2 Å². The molecule has 1 atom stereocenters. The third kappa shape index (κ3) is 5.23. The normalized spacial score (nSPS) is 16.3. The molecule has 1 aliphatic heterocycles. The van der Waals surface area contributed by atoms with Crippen LogP contribution >= 0.6 is 0 Å². The molecular weight excluding hydrogens is 344 g/mol. The second-order valence-electron chi connectivity index (χ2n) is 6.48. The summed E-state index contributed by atoms with van der Waals surface area (Å²) in [5.74, 6) is 1.14. The van der Waals surface area contributed by atoms with Crippen LogP contribution in [0.5, 0.6) is 11.5 Å². The van der Waals surface area contributed by atoms with E-state index in [1.54, 1.807) is 12.0 Å². The number of para-hydroxylation sites is 1. The zero-order chi connectivity index (χ0) is 19.1. The van der Waals surface area contributed by atoms with Crippen molar-refractivity contribution in [3.8, 4) is 11.5 Å². The van der Waals surface area contributed by atoms with Crippen LogP contribution in [0, 0.1) is 5.92 Å². The van der Waals surface area contributed by atoms with Gasteiger partial charge < -0.3 is 19.7 Å². The van der Waals surface area contributed by atoms with Crippen LogP contribution in [0.25, 0.3) is 0 Å². The summed E-state index contributed by atoms with van der Waals surface area (Å²) in [6, 6.07) is 17.1. The highest BCUT2D eigenvalue weighted by molar-refractivity contribution is 5.89. The molecule has 6 heteroatoms. The summed E-state index contributed by atoms with van der Waals surface area (Å²) in [5.41, 5.74) is 1.02. The molecule has 1 fully saturated rings. The number of hydrogen-bond acceptors (Lipinski definition) is 4. The third-order valence-electron chi connectivity index (χ3n) is 4.53. The van der Waals surface area contributed by atoms with Gasteiger partial charge in [0.1, 0.15) is 18.1 Å². The number of nitrogens with zero attached hydrogens (tertiary/aromatic N) is 1. The molecule has 1 saturated heterocycles. The Hall–Kier alpha value is -3.02. The number of benzene rings is 2. The van der Waals surface area contributed by atoms with Crippen molar-refractivity contribution in [1.29, 1.82) is 0 Å². The van der Waals surface area contributed by atoms with E-state index >= 15 is 0 Å². The van der Waals surface area contributed by atoms with Gasteiger partial charge in [0.05, 0.1) is 19.6 Å². The monoisotopic (exact) mass is 368 g/mol. The first-order valence-corrected chi connectivity index (χ1v) is 9.02. The predicted octanol–water partition coefficient (Wildman–Crippen LogP) is 2.24. The zero-order valence-electron chi connectivity index (χ0n) is 15.4. The molecule has 1 aliphatic rings. The SMILES string of the molecule is COc1ccc(CN2CC(C(=O)NCCOc3ccccc3)CC2=O)cc1. The highest BCUT2D eigenvalue weighted by atomic mass is 16.5. The van der Waals surface area contributed by atoms with Gasteiger partial charge in [0.15, 0.2) is 0 Å². The van der Waals surface area contributed by atoms with Crippen molar-refractivity contribution < 1.29 is 19.1 Å². The average Bonchev–Trinajstić information content (AvgIpc) is 3.07. The molecule has 142 valence electrons. The molecule has 1 N–H and O–H groups in total. The Morgan fingerprint density at radius 2 is 1.85 bits per heavy atom. The van der Waals surface area contributed by atoms with E-state index in [0.717, 1.165) is 17.1 Å². The fourth-order valence-corrected chi connectivity index (χ4v) is 3.06. The molecule has 0 aromatic heterocycles. The molecule has 2 aromatic rings. The molecule has 27 heavy (non-hydrogen) atoms. The van der Waals surface area contributed by atoms with Crippen LogP contribution in [0.3, 0.4) is 0 Å². The Bertz CT molecular complexity index is 762. The number of carbonyl (C=O) groups excluding carboxylic acids is 2. The number of hydrogen-bond donors (Lipinski definition) is 1. The van der Waals surface area contributed by atoms with Crippen LogP contribution in [0.1, 0.15) is 12.0 Å². The van der Waals surface area contributed by atoms with Crippen LogP contribution in [-0.4, -0.2) is 43.5 Å². The first-order valence-electron chi connectivity index (χ1n) is 9.02. The maximum atomic E-state index is 12.3. The fraction of sp³-hybridized carbons (Fsp3) is 0.333. The first kappa shape index (κ1) is 18.8. The van der Waals surface area contributed by atoms with Gasteiger partial charge in [-0.25, -0.2) is 0 Å². The number of likely N-dealkylation sites (tertiary alicyclic amines) is 1. The number of nitrogens with one attached hydrogen (secondary N) is 1. The molecule has 2 amide bonds. The van der Waals surface area contributed by atoms with Crippen molar-refractivity contribution in [3.05, 3.63) is 60.2 Å². The lowest BCUT2D eigenvalue weighted by Crippen LogP contribution is -2.35. The van der Waals surface area contributed by atoms with Crippen LogP contribution in [0.15, 0.2) is 54.6 Å². The summed E-state index contributed by atoms with van der Waals surface area (Å²) in [4.78, 5) is 26.3. The Morgan fingerprint density at radius 3 is 2.56 bits per heavy atom. The standard InChI is InChI=1S/C21H24N2O4/c1-26-18-9-7-16(8-10-18)14-23-15-17(13-20(23)24)21(25)22-11-12-27-19-5-3-2-4-6-19/h2-10,17H,11-15H2,1H3,(H,22,25). The van der Waals surface area contributed by atoms with Crippen molar-refractivity contribution in [2.75, 3.05) is 26.8 Å². The van der Waals surface area contributed by atoms with Gasteiger partial charge in [0.25, 0.3) is 0 Å². The predicted molar refractivity (Wildman–Crippen MR) is 101 cm³/mol. The minimum Gasteiger partial charge on any atom is -0.497 e. The van der Waals surface area contributed by atoms with Gasteiger partial charge in [-0.05, 0) is 29.8 Å². The molecule has 6 nitrogen and oxygen atoms in total. The van der Waals surface area contributed by atoms with Gasteiger partial charge in [-0.2, -0.15) is 0 Å². The maximum absolute atomic E-state index is 12.3. The minimum absolute atomic E-state index is 0.00602. The smallest absolute Gasteiger partial charge is 0.225 e. The van der Waals surface area contributed by atoms with Crippen LogP contribution in [-0.2, 0) is 16.1 Å². The number of rotatable bonds is 8. The molecule has 0 aliphatic carbocycles. The highest BCUT2D eigenvalue weighted by Crippen LogP contribution is 2.21. The number of ether oxygens (including phenoxy) is 2. The second-order valence-corrected chi connectivity index (χ2v) is 6.48. The molecule has 0 radical (unpaired) electrons. The van der Waals surface area contributed by atoms with E-state index in [4.69, 9.17) is 9.47 Å². The summed E-state index contributed by atoms with van der Waals surface area (Å²) in [5, 5.41) is 2.86. The summed E-state index contributed by atoms with van der Waals surface area (Å²) >= 11 is 0. The highest BCUT2D eigenvalue weighted by Gasteiger charge is 2.34. The van der Waals surface area contributed by atoms with Gasteiger partial charge in [-0.1, -0.05) is 30.3 Å². The maximum Gasteiger partial charge on any atom is 0.225 e. The van der Waals surface area contributed by atoms with Gasteiger partial charge in [0.2, 0.25) is 11.8 Å². The summed E-state index contributed by atoms with van der Waals surface area (Å²) in [6.07, 6.45) is 0.252. The Morgan fingerprint density at radius 1 is 1.11 bits per heavy atom. The Labute approximate surface area is 159 Å². The lowest BCUT2D eigenvalue weighted by atomic mass is 10.1. The van der Waals surface area contributed by atoms with Crippen molar-refractivity contribution in [3.63, 3.8) is 0 Å². The number of carbonyl (C=O) groups is 2. The summed E-state index contributed by atoms with van der Waals surface area (Å²) in [7, 11) is 1.62. The van der Waals surface area contributed by atoms with Gasteiger partial charge in [0, 0.05) is 19.5 Å². The minimum atomic E-state index is -0.313. The molecule has 1 heterocycles. The van der Waals surface area contributed by atoms with E-state index in [1.165, 1.54) is 0 Å². The van der Waals surface area contributed by atoms with Gasteiger partial charge >= 0.3 is 0 Å². The van der Waals surface area contributed by atoms with E-state index in [-0.39, 0.29) is 24.2 Å². The summed E-state index contributed by atoms with van der Waals surface area (Å²) in [6.45, 7) is 1.75. The summed E-state index contributed by atoms with van der Waals surface area (Å²) < 4.78 is 10.7. The number of amides is 2. The molecule has 1 unspecified atom stereocenters. The molecule has 0 bridgehead atoms. The van der Waals surface area contributed by atoms with Crippen LogP contribution in [0.4, 0.5) is 0 Å². The molecule has 2 aromatic carbocycles. The fourth-order valence-electron chi connectivity index (χ4n) is 3.06. The van der Waals surface area contributed by atoms with Gasteiger partial charge in [-0.15, -0.1) is 0 Å². The lowest BCUT2D eigenvalue weighted by Gasteiger charge is -2.17. The zero-order valence-corrected chi connectivity index (χ0v) is 15.4. The average molecular weight is 368 g/mol. The third-order valence-corrected chi connectivity index (χ3v) is 4.53.